The third-order valence-corrected chi connectivity index (χ3v) is 2.86. The van der Waals surface area contributed by atoms with Crippen LogP contribution in [0.5, 0.6) is 5.75 Å². The molecule has 2 aromatic rings. The van der Waals surface area contributed by atoms with Crippen molar-refractivity contribution < 1.29 is 19.1 Å². The summed E-state index contributed by atoms with van der Waals surface area (Å²) in [5.74, 6) is 0.692. The van der Waals surface area contributed by atoms with Crippen LogP contribution < -0.4 is 4.74 Å². The average Bonchev–Trinajstić information content (AvgIpc) is 2.62. The molecule has 23 heavy (non-hydrogen) atoms. The van der Waals surface area contributed by atoms with E-state index in [4.69, 9.17) is 16.0 Å². The standard InChI is InChI=1S/C17H14N2O4/c1-18-16(14-6-4-3-5-7-14)19-23-17(20)22-12-13-8-10-15(21-2)11-9-13/h3-11H,12H2,2H3/b19-16+. The van der Waals surface area contributed by atoms with Gasteiger partial charge in [-0.25, -0.2) is 0 Å². The Kier molecular flexibility index (Phi) is 5.72. The molecule has 116 valence electrons. The predicted octanol–water partition coefficient (Wildman–Crippen LogP) is 3.63. The molecule has 0 N–H and O–H groups in total. The molecule has 0 heterocycles. The largest absolute Gasteiger partial charge is 0.554 e. The van der Waals surface area contributed by atoms with Crippen LogP contribution in [0.25, 0.3) is 4.85 Å². The summed E-state index contributed by atoms with van der Waals surface area (Å²) in [5.41, 5.74) is 1.34. The lowest BCUT2D eigenvalue weighted by Crippen LogP contribution is -2.06. The first kappa shape index (κ1) is 16.0. The van der Waals surface area contributed by atoms with Crippen LogP contribution in [0.3, 0.4) is 0 Å². The first-order valence-electron chi connectivity index (χ1n) is 6.70. The van der Waals surface area contributed by atoms with Crippen LogP contribution in [-0.4, -0.2) is 19.1 Å². The number of ether oxygens (including phenoxy) is 2. The van der Waals surface area contributed by atoms with Crippen molar-refractivity contribution in [3.05, 3.63) is 77.1 Å². The Morgan fingerprint density at radius 2 is 1.83 bits per heavy atom. The van der Waals surface area contributed by atoms with Crippen LogP contribution in [0.2, 0.25) is 0 Å². The highest BCUT2D eigenvalue weighted by Crippen LogP contribution is 2.12. The van der Waals surface area contributed by atoms with Crippen molar-refractivity contribution in [2.75, 3.05) is 7.11 Å². The number of nitrogens with zero attached hydrogens (tertiary/aromatic N) is 2. The zero-order chi connectivity index (χ0) is 16.5. The van der Waals surface area contributed by atoms with Gasteiger partial charge in [0.15, 0.2) is 0 Å². The summed E-state index contributed by atoms with van der Waals surface area (Å²) in [7, 11) is 1.57. The molecule has 0 spiro atoms. The summed E-state index contributed by atoms with van der Waals surface area (Å²) in [5, 5.41) is 3.52. The normalized spacial score (nSPS) is 10.5. The highest BCUT2D eigenvalue weighted by Gasteiger charge is 2.10. The van der Waals surface area contributed by atoms with Crippen molar-refractivity contribution in [3.8, 4) is 5.75 Å². The highest BCUT2D eigenvalue weighted by atomic mass is 16.8. The number of oxime groups is 1. The summed E-state index contributed by atoms with van der Waals surface area (Å²) >= 11 is 0. The Labute approximate surface area is 133 Å². The number of hydrogen-bond acceptors (Lipinski definition) is 5. The summed E-state index contributed by atoms with van der Waals surface area (Å²) in [4.78, 5) is 19.3. The smallest absolute Gasteiger partial charge is 0.497 e. The van der Waals surface area contributed by atoms with Crippen molar-refractivity contribution in [1.29, 1.82) is 0 Å². The van der Waals surface area contributed by atoms with Crippen molar-refractivity contribution >= 4 is 12.0 Å². The van der Waals surface area contributed by atoms with Crippen LogP contribution in [-0.2, 0) is 16.2 Å². The number of hydrogen-bond donors (Lipinski definition) is 0. The van der Waals surface area contributed by atoms with Crippen molar-refractivity contribution in [2.24, 2.45) is 5.16 Å². The quantitative estimate of drug-likeness (QED) is 0.211. The van der Waals surface area contributed by atoms with Gasteiger partial charge in [-0.3, -0.25) is 0 Å². The molecule has 2 rings (SSSR count). The summed E-state index contributed by atoms with van der Waals surface area (Å²) in [6.45, 7) is 7.11. The van der Waals surface area contributed by atoms with Gasteiger partial charge in [0.05, 0.1) is 12.3 Å². The Bertz CT molecular complexity index is 719. The number of benzene rings is 2. The van der Waals surface area contributed by atoms with Crippen LogP contribution >= 0.6 is 0 Å². The molecule has 0 fully saturated rings. The fourth-order valence-electron chi connectivity index (χ4n) is 1.70. The Morgan fingerprint density at radius 3 is 2.43 bits per heavy atom. The molecule has 0 aliphatic rings. The topological polar surface area (TPSA) is 61.5 Å². The maximum absolute atomic E-state index is 11.5. The van der Waals surface area contributed by atoms with Gasteiger partial charge in [-0.2, -0.15) is 9.63 Å². The molecule has 0 saturated heterocycles. The molecule has 0 radical (unpaired) electrons. The third kappa shape index (κ3) is 4.86. The number of carbonyl (C=O) groups is 1. The molecule has 0 unspecified atom stereocenters. The third-order valence-electron chi connectivity index (χ3n) is 2.86. The molecule has 0 bridgehead atoms. The van der Waals surface area contributed by atoms with E-state index in [-0.39, 0.29) is 12.4 Å². The molecule has 6 heteroatoms. The molecule has 2 aromatic carbocycles. The number of carbonyl (C=O) groups excluding carboxylic acids is 1. The fourth-order valence-corrected chi connectivity index (χ4v) is 1.70. The van der Waals surface area contributed by atoms with Crippen molar-refractivity contribution in [3.63, 3.8) is 0 Å². The van der Waals surface area contributed by atoms with E-state index in [1.165, 1.54) is 0 Å². The fraction of sp³-hybridized carbons (Fsp3) is 0.118. The summed E-state index contributed by atoms with van der Waals surface area (Å²) in [6, 6.07) is 15.8. The minimum Gasteiger partial charge on any atom is -0.497 e. The lowest BCUT2D eigenvalue weighted by Gasteiger charge is -2.03. The molecule has 0 atom stereocenters. The van der Waals surface area contributed by atoms with Crippen LogP contribution in [0.1, 0.15) is 11.1 Å². The number of amidine groups is 1. The van der Waals surface area contributed by atoms with Gasteiger partial charge in [0.25, 0.3) is 0 Å². The predicted molar refractivity (Wildman–Crippen MR) is 83.8 cm³/mol. The van der Waals surface area contributed by atoms with Gasteiger partial charge in [-0.05, 0) is 17.7 Å². The monoisotopic (exact) mass is 310 g/mol. The van der Waals surface area contributed by atoms with E-state index in [0.29, 0.717) is 11.3 Å². The van der Waals surface area contributed by atoms with Crippen molar-refractivity contribution in [2.45, 2.75) is 6.61 Å². The molecule has 0 aromatic heterocycles. The lowest BCUT2D eigenvalue weighted by molar-refractivity contribution is 0.0520. The van der Waals surface area contributed by atoms with Gasteiger partial charge in [0.2, 0.25) is 0 Å². The van der Waals surface area contributed by atoms with Gasteiger partial charge in [-0.15, -0.1) is 0 Å². The van der Waals surface area contributed by atoms with E-state index in [1.807, 2.05) is 6.07 Å². The minimum absolute atomic E-state index is 0.0213. The minimum atomic E-state index is -0.974. The van der Waals surface area contributed by atoms with Gasteiger partial charge in [0, 0.05) is 5.56 Å². The second-order valence-electron chi connectivity index (χ2n) is 4.37. The Morgan fingerprint density at radius 1 is 1.13 bits per heavy atom. The first-order valence-corrected chi connectivity index (χ1v) is 6.70. The molecule has 0 aliphatic heterocycles. The molecule has 0 amide bonds. The molecule has 6 nitrogen and oxygen atoms in total. The summed E-state index contributed by atoms with van der Waals surface area (Å²) < 4.78 is 9.96. The van der Waals surface area contributed by atoms with Gasteiger partial charge < -0.3 is 14.3 Å². The SMILES string of the molecule is [C-]#[N+]/C(=N/OC(=O)OCc1ccc(OC)cc1)c1ccccc1. The highest BCUT2D eigenvalue weighted by molar-refractivity contribution is 6.05. The molecule has 0 saturated carbocycles. The van der Waals surface area contributed by atoms with E-state index in [1.54, 1.807) is 55.6 Å². The zero-order valence-corrected chi connectivity index (χ0v) is 12.4. The van der Waals surface area contributed by atoms with Crippen molar-refractivity contribution in [1.82, 2.24) is 0 Å². The van der Waals surface area contributed by atoms with E-state index < -0.39 is 6.16 Å². The van der Waals surface area contributed by atoms with Crippen LogP contribution in [0.15, 0.2) is 59.8 Å². The Balaban J connectivity index is 1.89. The van der Waals surface area contributed by atoms with Crippen LogP contribution in [0, 0.1) is 6.57 Å². The first-order chi connectivity index (χ1) is 11.2. The van der Waals surface area contributed by atoms with E-state index >= 15 is 0 Å². The maximum Gasteiger partial charge on any atom is 0.554 e. The van der Waals surface area contributed by atoms with Crippen LogP contribution in [0.4, 0.5) is 4.79 Å². The maximum atomic E-state index is 11.5. The number of methoxy groups -OCH3 is 1. The Hall–Kier alpha value is -3.33. The summed E-state index contributed by atoms with van der Waals surface area (Å²) in [6.07, 6.45) is -0.974. The second kappa shape index (κ2) is 8.20. The van der Waals surface area contributed by atoms with Gasteiger partial charge in [0.1, 0.15) is 12.4 Å². The molecule has 0 aliphatic carbocycles. The van der Waals surface area contributed by atoms with E-state index in [9.17, 15) is 4.79 Å². The molecular weight excluding hydrogens is 296 g/mol. The molecular formula is C17H14N2O4. The second-order valence-corrected chi connectivity index (χ2v) is 4.37. The van der Waals surface area contributed by atoms with E-state index in [0.717, 1.165) is 5.56 Å². The van der Waals surface area contributed by atoms with Gasteiger partial charge in [-0.1, -0.05) is 49.0 Å². The van der Waals surface area contributed by atoms with E-state index in [2.05, 4.69) is 14.8 Å². The lowest BCUT2D eigenvalue weighted by atomic mass is 10.2. The zero-order valence-electron chi connectivity index (χ0n) is 12.4. The average molecular weight is 310 g/mol. The van der Waals surface area contributed by atoms with Gasteiger partial charge >= 0.3 is 12.0 Å². The number of rotatable bonds is 5.